The molecule has 1 saturated heterocycles. The van der Waals surface area contributed by atoms with Crippen molar-refractivity contribution in [2.24, 2.45) is 0 Å². The summed E-state index contributed by atoms with van der Waals surface area (Å²) in [5.74, 6) is 0.0155. The number of nitrogens with zero attached hydrogens (tertiary/aromatic N) is 6. The van der Waals surface area contributed by atoms with E-state index in [0.717, 1.165) is 0 Å². The van der Waals surface area contributed by atoms with Crippen LogP contribution in [0.2, 0.25) is 18.1 Å². The van der Waals surface area contributed by atoms with Gasteiger partial charge < -0.3 is 23.5 Å². The number of hydrogen-bond donors (Lipinski definition) is 1. The summed E-state index contributed by atoms with van der Waals surface area (Å²) in [4.78, 5) is 26.6. The lowest BCUT2D eigenvalue weighted by Gasteiger charge is -2.42. The van der Waals surface area contributed by atoms with Crippen LogP contribution in [0.25, 0.3) is 11.2 Å². The number of ether oxygens (including phenoxy) is 1. The van der Waals surface area contributed by atoms with E-state index in [9.17, 15) is 10.1 Å². The smallest absolute Gasteiger partial charge is 0.259 e. The topological polar surface area (TPSA) is 137 Å². The zero-order valence-electron chi connectivity index (χ0n) is 29.3. The van der Waals surface area contributed by atoms with Crippen molar-refractivity contribution < 1.29 is 23.0 Å². The Hall–Kier alpha value is -2.82. The van der Waals surface area contributed by atoms with E-state index in [0.29, 0.717) is 29.0 Å². The number of carbonyl (C=O) groups is 1. The molecule has 14 heteroatoms. The van der Waals surface area contributed by atoms with Crippen LogP contribution in [0.1, 0.15) is 84.8 Å². The summed E-state index contributed by atoms with van der Waals surface area (Å²) in [7, 11) is -3.94. The lowest BCUT2D eigenvalue weighted by Crippen LogP contribution is -2.49. The SMILES string of the molecule is CC[C@H]1O[C@@H](n2cnc3c(NC(=O)c4ccccc4)ncnc32)[C@@H](O[Si](C)(C)C(C)(C)C)C1OP(OCCC#N)N(C(C)C)C(C)C. The average Bonchev–Trinajstić information content (AvgIpc) is 3.58. The highest BCUT2D eigenvalue weighted by molar-refractivity contribution is 7.44. The summed E-state index contributed by atoms with van der Waals surface area (Å²) in [5.41, 5.74) is 1.46. The first-order valence-electron chi connectivity index (χ1n) is 16.3. The second kappa shape index (κ2) is 15.6. The summed E-state index contributed by atoms with van der Waals surface area (Å²) < 4.78 is 31.4. The fourth-order valence-corrected chi connectivity index (χ4v) is 8.38. The van der Waals surface area contributed by atoms with Gasteiger partial charge in [-0.2, -0.15) is 5.26 Å². The van der Waals surface area contributed by atoms with E-state index in [1.807, 2.05) is 22.8 Å². The van der Waals surface area contributed by atoms with Crippen molar-refractivity contribution in [2.75, 3.05) is 11.9 Å². The van der Waals surface area contributed by atoms with Crippen LogP contribution in [0, 0.1) is 11.3 Å². The van der Waals surface area contributed by atoms with E-state index in [2.05, 4.69) is 99.5 Å². The van der Waals surface area contributed by atoms with Gasteiger partial charge in [0.05, 0.1) is 31.5 Å². The molecule has 1 aliphatic rings. The molecule has 0 spiro atoms. The Kier molecular flexibility index (Phi) is 12.3. The Labute approximate surface area is 281 Å². The predicted molar refractivity (Wildman–Crippen MR) is 186 cm³/mol. The van der Waals surface area contributed by atoms with Crippen molar-refractivity contribution in [1.29, 1.82) is 5.26 Å². The predicted octanol–water partition coefficient (Wildman–Crippen LogP) is 7.44. The zero-order chi connectivity index (χ0) is 34.5. The molecule has 0 aliphatic carbocycles. The molecule has 1 amide bonds. The number of nitrogens with one attached hydrogen (secondary N) is 1. The highest BCUT2D eigenvalue weighted by Gasteiger charge is 2.53. The molecule has 0 saturated carbocycles. The molecule has 12 nitrogen and oxygen atoms in total. The van der Waals surface area contributed by atoms with Gasteiger partial charge in [-0.15, -0.1) is 0 Å². The monoisotopic (exact) mass is 683 g/mol. The first kappa shape index (κ1) is 37.0. The average molecular weight is 684 g/mol. The van der Waals surface area contributed by atoms with Crippen molar-refractivity contribution in [3.8, 4) is 6.07 Å². The molecule has 256 valence electrons. The number of amides is 1. The summed E-state index contributed by atoms with van der Waals surface area (Å²) in [6, 6.07) is 11.4. The van der Waals surface area contributed by atoms with Gasteiger partial charge in [-0.05, 0) is 64.4 Å². The van der Waals surface area contributed by atoms with Crippen LogP contribution in [0.15, 0.2) is 43.0 Å². The molecular formula is C33H50N7O5PSi. The first-order chi connectivity index (χ1) is 22.2. The van der Waals surface area contributed by atoms with E-state index in [1.165, 1.54) is 6.33 Å². The normalized spacial score (nSPS) is 21.1. The van der Waals surface area contributed by atoms with Crippen molar-refractivity contribution >= 4 is 39.7 Å². The molecule has 2 unspecified atom stereocenters. The number of hydrogen-bond acceptors (Lipinski definition) is 10. The van der Waals surface area contributed by atoms with Gasteiger partial charge in [0, 0.05) is 17.6 Å². The Bertz CT molecular complexity index is 1520. The zero-order valence-corrected chi connectivity index (χ0v) is 31.2. The molecule has 5 atom stereocenters. The quantitative estimate of drug-likeness (QED) is 0.104. The molecule has 4 rings (SSSR count). The number of anilines is 1. The number of imidazole rings is 1. The highest BCUT2D eigenvalue weighted by Crippen LogP contribution is 2.52. The third-order valence-electron chi connectivity index (χ3n) is 8.70. The van der Waals surface area contributed by atoms with Gasteiger partial charge in [-0.3, -0.25) is 9.36 Å². The van der Waals surface area contributed by atoms with Crippen LogP contribution >= 0.6 is 8.53 Å². The number of rotatable bonds is 14. The van der Waals surface area contributed by atoms with Gasteiger partial charge in [0.2, 0.25) is 0 Å². The molecule has 0 bridgehead atoms. The second-order valence-electron chi connectivity index (χ2n) is 13.8. The van der Waals surface area contributed by atoms with Gasteiger partial charge in [0.25, 0.3) is 14.4 Å². The second-order valence-corrected chi connectivity index (χ2v) is 20.0. The van der Waals surface area contributed by atoms with E-state index in [4.69, 9.17) is 18.2 Å². The van der Waals surface area contributed by atoms with Gasteiger partial charge in [0.15, 0.2) is 31.5 Å². The molecule has 47 heavy (non-hydrogen) atoms. The third kappa shape index (κ3) is 8.43. The molecule has 1 aliphatic heterocycles. The van der Waals surface area contributed by atoms with Gasteiger partial charge in [0.1, 0.15) is 18.5 Å². The molecule has 1 aromatic carbocycles. The van der Waals surface area contributed by atoms with E-state index in [-0.39, 0.29) is 42.2 Å². The minimum absolute atomic E-state index is 0.0869. The number of carbonyl (C=O) groups excluding carboxylic acids is 1. The van der Waals surface area contributed by atoms with Gasteiger partial charge in [-0.25, -0.2) is 19.6 Å². The Morgan fingerprint density at radius 1 is 1.13 bits per heavy atom. The molecule has 1 fully saturated rings. The number of benzene rings is 1. The summed E-state index contributed by atoms with van der Waals surface area (Å²) in [6.07, 6.45) is 2.06. The third-order valence-corrected chi connectivity index (χ3v) is 15.3. The summed E-state index contributed by atoms with van der Waals surface area (Å²) >= 11 is 0. The van der Waals surface area contributed by atoms with Crippen LogP contribution in [0.3, 0.4) is 0 Å². The highest BCUT2D eigenvalue weighted by atomic mass is 31.2. The molecule has 0 radical (unpaired) electrons. The number of aromatic nitrogens is 4. The Balaban J connectivity index is 1.76. The largest absolute Gasteiger partial charge is 0.407 e. The maximum absolute atomic E-state index is 13.0. The molecule has 3 aromatic rings. The van der Waals surface area contributed by atoms with Crippen molar-refractivity contribution in [3.63, 3.8) is 0 Å². The number of fused-ring (bicyclic) bond motifs is 1. The van der Waals surface area contributed by atoms with Crippen LogP contribution in [-0.2, 0) is 18.2 Å². The Morgan fingerprint density at radius 2 is 1.81 bits per heavy atom. The molecule has 3 heterocycles. The summed E-state index contributed by atoms with van der Waals surface area (Å²) in [6.45, 7) is 21.8. The fourth-order valence-electron chi connectivity index (χ4n) is 5.33. The van der Waals surface area contributed by atoms with Crippen LogP contribution in [0.4, 0.5) is 5.82 Å². The lowest BCUT2D eigenvalue weighted by atomic mass is 10.1. The van der Waals surface area contributed by atoms with Crippen LogP contribution in [0.5, 0.6) is 0 Å². The van der Waals surface area contributed by atoms with Crippen molar-refractivity contribution in [3.05, 3.63) is 48.5 Å². The molecule has 1 N–H and O–H groups in total. The Morgan fingerprint density at radius 3 is 2.40 bits per heavy atom. The maximum atomic E-state index is 13.0. The molecule has 2 aromatic heterocycles. The summed E-state index contributed by atoms with van der Waals surface area (Å²) in [5, 5.41) is 12.0. The fraction of sp³-hybridized carbons (Fsp3) is 0.606. The first-order valence-corrected chi connectivity index (χ1v) is 20.4. The maximum Gasteiger partial charge on any atom is 0.259 e. The number of nitriles is 1. The van der Waals surface area contributed by atoms with Crippen LogP contribution in [-0.4, -0.2) is 75.4 Å². The van der Waals surface area contributed by atoms with Crippen molar-refractivity contribution in [2.45, 2.75) is 123 Å². The van der Waals surface area contributed by atoms with E-state index in [1.54, 1.807) is 18.5 Å². The van der Waals surface area contributed by atoms with E-state index >= 15 is 0 Å². The van der Waals surface area contributed by atoms with E-state index < -0.39 is 35.3 Å². The minimum Gasteiger partial charge on any atom is -0.407 e. The standard InChI is InChI=1S/C33H50N7O5PSi/c1-11-25-27(44-46(42-19-15-18-34)40(22(2)3)23(4)5)28(45-47(9,10)33(6,7)8)32(43-25)39-21-37-26-29(35-20-36-30(26)39)38-31(41)24-16-13-12-14-17-24/h12-14,16-17,20-23,25,27-28,32H,11,15,19H2,1-10H3,(H,35,36,38,41)/t25-,27?,28+,32-,46?/m1/s1. The lowest BCUT2D eigenvalue weighted by molar-refractivity contribution is -0.0324. The van der Waals surface area contributed by atoms with Gasteiger partial charge in [-0.1, -0.05) is 45.9 Å². The van der Waals surface area contributed by atoms with Crippen molar-refractivity contribution in [1.82, 2.24) is 24.2 Å². The minimum atomic E-state index is -2.37. The van der Waals surface area contributed by atoms with Gasteiger partial charge >= 0.3 is 0 Å². The van der Waals surface area contributed by atoms with Crippen LogP contribution < -0.4 is 5.32 Å². The molecular weight excluding hydrogens is 633 g/mol.